The standard InChI is InChI=1S/C15H9BrClNO3S/c16-13-3-1-2-4-15(13)22(20,21)18-8-10(9-19)12-7-11(17)5-6-14(12)18/h1-9H. The average Bonchev–Trinajstić information content (AvgIpc) is 2.86. The number of rotatable bonds is 3. The molecule has 0 fully saturated rings. The quantitative estimate of drug-likeness (QED) is 0.624. The minimum atomic E-state index is -3.83. The van der Waals surface area contributed by atoms with Gasteiger partial charge < -0.3 is 0 Å². The molecule has 0 aliphatic rings. The number of carbonyl (C=O) groups excluding carboxylic acids is 1. The number of aldehydes is 1. The van der Waals surface area contributed by atoms with E-state index in [1.807, 2.05) is 0 Å². The Morgan fingerprint density at radius 2 is 1.86 bits per heavy atom. The number of carbonyl (C=O) groups is 1. The normalized spacial score (nSPS) is 11.7. The molecule has 0 spiro atoms. The van der Waals surface area contributed by atoms with Crippen LogP contribution in [0.3, 0.4) is 0 Å². The third kappa shape index (κ3) is 2.37. The SMILES string of the molecule is O=Cc1cn(S(=O)(=O)c2ccccc2Br)c2ccc(Cl)cc12. The summed E-state index contributed by atoms with van der Waals surface area (Å²) in [7, 11) is -3.83. The maximum atomic E-state index is 12.9. The zero-order chi connectivity index (χ0) is 15.9. The lowest BCUT2D eigenvalue weighted by atomic mass is 10.2. The van der Waals surface area contributed by atoms with Crippen LogP contribution in [-0.4, -0.2) is 18.7 Å². The third-order valence-corrected chi connectivity index (χ3v) is 6.18. The van der Waals surface area contributed by atoms with Gasteiger partial charge in [-0.1, -0.05) is 23.7 Å². The number of fused-ring (bicyclic) bond motifs is 1. The summed E-state index contributed by atoms with van der Waals surface area (Å²) in [5.74, 6) is 0. The molecule has 0 aliphatic carbocycles. The number of hydrogen-bond donors (Lipinski definition) is 0. The first-order chi connectivity index (χ1) is 10.4. The van der Waals surface area contributed by atoms with E-state index in [0.29, 0.717) is 26.7 Å². The lowest BCUT2D eigenvalue weighted by molar-refractivity contribution is 0.112. The van der Waals surface area contributed by atoms with Crippen molar-refractivity contribution in [1.29, 1.82) is 0 Å². The molecule has 0 saturated carbocycles. The molecule has 1 heterocycles. The van der Waals surface area contributed by atoms with E-state index in [9.17, 15) is 13.2 Å². The van der Waals surface area contributed by atoms with Crippen LogP contribution in [0.2, 0.25) is 5.02 Å². The van der Waals surface area contributed by atoms with Gasteiger partial charge in [0.2, 0.25) is 0 Å². The van der Waals surface area contributed by atoms with E-state index in [1.165, 1.54) is 12.3 Å². The third-order valence-electron chi connectivity index (χ3n) is 3.26. The number of halogens is 2. The second kappa shape index (κ2) is 5.53. The molecule has 7 heteroatoms. The van der Waals surface area contributed by atoms with Gasteiger partial charge in [0.1, 0.15) is 4.90 Å². The Hall–Kier alpha value is -1.63. The maximum Gasteiger partial charge on any atom is 0.269 e. The maximum absolute atomic E-state index is 12.9. The zero-order valence-corrected chi connectivity index (χ0v) is 14.2. The smallest absolute Gasteiger partial charge is 0.269 e. The summed E-state index contributed by atoms with van der Waals surface area (Å²) < 4.78 is 27.3. The molecule has 0 unspecified atom stereocenters. The Morgan fingerprint density at radius 1 is 1.14 bits per heavy atom. The summed E-state index contributed by atoms with van der Waals surface area (Å²) in [5, 5.41) is 0.935. The second-order valence-electron chi connectivity index (χ2n) is 4.60. The van der Waals surface area contributed by atoms with Crippen molar-refractivity contribution in [3.8, 4) is 0 Å². The van der Waals surface area contributed by atoms with Crippen molar-refractivity contribution in [2.24, 2.45) is 0 Å². The van der Waals surface area contributed by atoms with E-state index in [2.05, 4.69) is 15.9 Å². The predicted molar refractivity (Wildman–Crippen MR) is 89.1 cm³/mol. The van der Waals surface area contributed by atoms with E-state index in [-0.39, 0.29) is 10.5 Å². The molecule has 0 aliphatic heterocycles. The Labute approximate surface area is 140 Å². The van der Waals surface area contributed by atoms with Crippen LogP contribution in [0.1, 0.15) is 10.4 Å². The van der Waals surface area contributed by atoms with Crippen molar-refractivity contribution in [2.45, 2.75) is 4.90 Å². The summed E-state index contributed by atoms with van der Waals surface area (Å²) in [5.41, 5.74) is 0.676. The van der Waals surface area contributed by atoms with Crippen molar-refractivity contribution in [2.75, 3.05) is 0 Å². The van der Waals surface area contributed by atoms with Gasteiger partial charge in [-0.15, -0.1) is 0 Å². The van der Waals surface area contributed by atoms with Crippen molar-refractivity contribution in [3.63, 3.8) is 0 Å². The molecular formula is C15H9BrClNO3S. The molecule has 112 valence electrons. The highest BCUT2D eigenvalue weighted by Crippen LogP contribution is 2.30. The topological polar surface area (TPSA) is 56.1 Å². The molecule has 0 radical (unpaired) electrons. The fraction of sp³-hybridized carbons (Fsp3) is 0. The largest absolute Gasteiger partial charge is 0.298 e. The minimum Gasteiger partial charge on any atom is -0.298 e. The van der Waals surface area contributed by atoms with Crippen LogP contribution >= 0.6 is 27.5 Å². The van der Waals surface area contributed by atoms with Crippen molar-refractivity contribution >= 4 is 54.7 Å². The first-order valence-corrected chi connectivity index (χ1v) is 8.82. The summed E-state index contributed by atoms with van der Waals surface area (Å²) in [4.78, 5) is 11.3. The van der Waals surface area contributed by atoms with E-state index in [0.717, 1.165) is 3.97 Å². The van der Waals surface area contributed by atoms with Gasteiger partial charge in [0.25, 0.3) is 10.0 Å². The molecule has 1 aromatic heterocycles. The highest BCUT2D eigenvalue weighted by Gasteiger charge is 2.23. The molecule has 2 aromatic carbocycles. The Morgan fingerprint density at radius 3 is 2.55 bits per heavy atom. The lowest BCUT2D eigenvalue weighted by Gasteiger charge is -2.09. The van der Waals surface area contributed by atoms with Crippen LogP contribution in [-0.2, 0) is 10.0 Å². The van der Waals surface area contributed by atoms with Crippen LogP contribution in [0, 0.1) is 0 Å². The summed E-state index contributed by atoms with van der Waals surface area (Å²) in [6.07, 6.45) is 1.92. The molecule has 22 heavy (non-hydrogen) atoms. The van der Waals surface area contributed by atoms with Gasteiger partial charge >= 0.3 is 0 Å². The molecule has 0 bridgehead atoms. The summed E-state index contributed by atoms with van der Waals surface area (Å²) in [6.45, 7) is 0. The molecule has 4 nitrogen and oxygen atoms in total. The van der Waals surface area contributed by atoms with Crippen molar-refractivity contribution in [3.05, 3.63) is 63.7 Å². The van der Waals surface area contributed by atoms with Crippen LogP contribution < -0.4 is 0 Å². The van der Waals surface area contributed by atoms with Gasteiger partial charge in [-0.25, -0.2) is 12.4 Å². The van der Waals surface area contributed by atoms with Crippen LogP contribution in [0.25, 0.3) is 10.9 Å². The number of aromatic nitrogens is 1. The Balaban J connectivity index is 2.35. The minimum absolute atomic E-state index is 0.124. The van der Waals surface area contributed by atoms with Crippen LogP contribution in [0.5, 0.6) is 0 Å². The summed E-state index contributed by atoms with van der Waals surface area (Å²) >= 11 is 9.18. The predicted octanol–water partition coefficient (Wildman–Crippen LogP) is 4.11. The van der Waals surface area contributed by atoms with Crippen molar-refractivity contribution < 1.29 is 13.2 Å². The van der Waals surface area contributed by atoms with Gasteiger partial charge in [0, 0.05) is 26.6 Å². The first-order valence-electron chi connectivity index (χ1n) is 6.21. The summed E-state index contributed by atoms with van der Waals surface area (Å²) in [6, 6.07) is 11.3. The monoisotopic (exact) mass is 397 g/mol. The molecule has 3 aromatic rings. The second-order valence-corrected chi connectivity index (χ2v) is 7.67. The van der Waals surface area contributed by atoms with E-state index in [4.69, 9.17) is 11.6 Å². The number of nitrogens with zero attached hydrogens (tertiary/aromatic N) is 1. The van der Waals surface area contributed by atoms with E-state index in [1.54, 1.807) is 36.4 Å². The number of hydrogen-bond acceptors (Lipinski definition) is 3. The molecular weight excluding hydrogens is 390 g/mol. The molecule has 3 rings (SSSR count). The van der Waals surface area contributed by atoms with Crippen LogP contribution in [0.4, 0.5) is 0 Å². The Kier molecular flexibility index (Phi) is 3.84. The fourth-order valence-corrected chi connectivity index (χ4v) is 4.77. The first kappa shape index (κ1) is 15.3. The highest BCUT2D eigenvalue weighted by atomic mass is 79.9. The van der Waals surface area contributed by atoms with E-state index < -0.39 is 10.0 Å². The average molecular weight is 399 g/mol. The van der Waals surface area contributed by atoms with Crippen LogP contribution in [0.15, 0.2) is 58.0 Å². The molecule has 0 N–H and O–H groups in total. The Bertz CT molecular complexity index is 995. The van der Waals surface area contributed by atoms with Gasteiger partial charge in [-0.05, 0) is 46.3 Å². The van der Waals surface area contributed by atoms with Gasteiger partial charge in [0.05, 0.1) is 5.52 Å². The lowest BCUT2D eigenvalue weighted by Crippen LogP contribution is -2.12. The van der Waals surface area contributed by atoms with Gasteiger partial charge in [-0.2, -0.15) is 0 Å². The van der Waals surface area contributed by atoms with E-state index >= 15 is 0 Å². The zero-order valence-electron chi connectivity index (χ0n) is 11.0. The van der Waals surface area contributed by atoms with Gasteiger partial charge in [-0.3, -0.25) is 4.79 Å². The number of benzene rings is 2. The molecule has 0 amide bonds. The van der Waals surface area contributed by atoms with Gasteiger partial charge in [0.15, 0.2) is 6.29 Å². The fourth-order valence-electron chi connectivity index (χ4n) is 2.25. The van der Waals surface area contributed by atoms with Crippen molar-refractivity contribution in [1.82, 2.24) is 3.97 Å². The highest BCUT2D eigenvalue weighted by molar-refractivity contribution is 9.10. The molecule has 0 atom stereocenters. The molecule has 0 saturated heterocycles.